The van der Waals surface area contributed by atoms with Crippen LogP contribution in [0.25, 0.3) is 0 Å². The highest BCUT2D eigenvalue weighted by atomic mass is 19.1. The van der Waals surface area contributed by atoms with Gasteiger partial charge in [0.2, 0.25) is 11.8 Å². The molecule has 2 aromatic rings. The second-order valence-electron chi connectivity index (χ2n) is 9.54. The molecule has 1 aliphatic heterocycles. The van der Waals surface area contributed by atoms with E-state index in [9.17, 15) is 14.0 Å². The molecule has 6 nitrogen and oxygen atoms in total. The average molecular weight is 442 g/mol. The molecule has 1 aromatic carbocycles. The van der Waals surface area contributed by atoms with Crippen LogP contribution in [0.5, 0.6) is 0 Å². The van der Waals surface area contributed by atoms with Crippen LogP contribution in [0, 0.1) is 11.2 Å². The number of carbonyl (C=O) groups excluding carboxylic acids is 2. The lowest BCUT2D eigenvalue weighted by Gasteiger charge is -2.30. The Labute approximate surface area is 188 Å². The van der Waals surface area contributed by atoms with Crippen LogP contribution in [-0.4, -0.2) is 54.0 Å². The molecule has 0 bridgehead atoms. The van der Waals surface area contributed by atoms with Crippen molar-refractivity contribution in [1.82, 2.24) is 15.0 Å². The lowest BCUT2D eigenvalue weighted by molar-refractivity contribution is -0.139. The van der Waals surface area contributed by atoms with Crippen LogP contribution in [0.4, 0.5) is 4.39 Å². The van der Waals surface area contributed by atoms with Crippen LogP contribution in [0.1, 0.15) is 61.5 Å². The second kappa shape index (κ2) is 9.43. The molecule has 0 spiro atoms. The number of benzene rings is 1. The quantitative estimate of drug-likeness (QED) is 0.681. The number of hydrogen-bond donors (Lipinski definition) is 0. The van der Waals surface area contributed by atoms with Crippen LogP contribution in [0.15, 0.2) is 34.9 Å². The molecule has 1 aromatic heterocycles. The summed E-state index contributed by atoms with van der Waals surface area (Å²) in [4.78, 5) is 29.4. The SMILES string of the molecule is CN(C)C(=O)[C@@]1(Cc2cc(C3CCCCC3)no2)CCN(C(=O)Cc2ccccc2F)C1. The number of likely N-dealkylation sites (tertiary alicyclic amines) is 1. The molecule has 4 rings (SSSR count). The molecule has 1 saturated carbocycles. The van der Waals surface area contributed by atoms with Crippen LogP contribution >= 0.6 is 0 Å². The van der Waals surface area contributed by atoms with Crippen molar-refractivity contribution in [3.8, 4) is 0 Å². The molecule has 7 heteroatoms. The number of hydrogen-bond acceptors (Lipinski definition) is 4. The van der Waals surface area contributed by atoms with Gasteiger partial charge in [0, 0.05) is 45.6 Å². The van der Waals surface area contributed by atoms with Gasteiger partial charge in [0.05, 0.1) is 17.5 Å². The topological polar surface area (TPSA) is 66.7 Å². The average Bonchev–Trinajstić information content (AvgIpc) is 3.44. The Morgan fingerprint density at radius 2 is 1.97 bits per heavy atom. The summed E-state index contributed by atoms with van der Waals surface area (Å²) in [5.74, 6) is 0.569. The first-order valence-electron chi connectivity index (χ1n) is 11.6. The van der Waals surface area contributed by atoms with E-state index >= 15 is 0 Å². The normalized spacial score (nSPS) is 21.7. The van der Waals surface area contributed by atoms with Crippen LogP contribution < -0.4 is 0 Å². The number of carbonyl (C=O) groups is 2. The third-order valence-corrected chi connectivity index (χ3v) is 6.98. The first-order chi connectivity index (χ1) is 15.4. The van der Waals surface area contributed by atoms with Crippen molar-refractivity contribution in [3.63, 3.8) is 0 Å². The third-order valence-electron chi connectivity index (χ3n) is 6.98. The Hall–Kier alpha value is -2.70. The number of halogens is 1. The molecule has 2 fully saturated rings. The van der Waals surface area contributed by atoms with Crippen molar-refractivity contribution in [2.75, 3.05) is 27.2 Å². The molecule has 172 valence electrons. The van der Waals surface area contributed by atoms with E-state index in [0.29, 0.717) is 43.2 Å². The Morgan fingerprint density at radius 1 is 1.22 bits per heavy atom. The Bertz CT molecular complexity index is 967. The molecule has 2 aliphatic rings. The molecule has 1 atom stereocenters. The standard InChI is InChI=1S/C25H32FN3O3/c1-28(2)24(31)25(16-20-15-22(27-32-20)18-8-4-3-5-9-18)12-13-29(17-25)23(30)14-19-10-6-7-11-21(19)26/h6-7,10-11,15,18H,3-5,8-9,12-14,16-17H2,1-2H3/t25-/m1/s1. The van der Waals surface area contributed by atoms with Gasteiger partial charge in [0.15, 0.2) is 0 Å². The Kier molecular flexibility index (Phi) is 6.63. The molecule has 1 aliphatic carbocycles. The van der Waals surface area contributed by atoms with Gasteiger partial charge in [-0.2, -0.15) is 0 Å². The zero-order chi connectivity index (χ0) is 22.7. The minimum absolute atomic E-state index is 0.00690. The van der Waals surface area contributed by atoms with Gasteiger partial charge in [-0.25, -0.2) is 4.39 Å². The van der Waals surface area contributed by atoms with Crippen LogP contribution in [0.2, 0.25) is 0 Å². The summed E-state index contributed by atoms with van der Waals surface area (Å²) >= 11 is 0. The second-order valence-corrected chi connectivity index (χ2v) is 9.54. The van der Waals surface area contributed by atoms with E-state index in [0.717, 1.165) is 18.5 Å². The Morgan fingerprint density at radius 3 is 2.69 bits per heavy atom. The number of amides is 2. The van der Waals surface area contributed by atoms with Gasteiger partial charge in [0.25, 0.3) is 0 Å². The van der Waals surface area contributed by atoms with E-state index < -0.39 is 5.41 Å². The summed E-state index contributed by atoms with van der Waals surface area (Å²) in [6.07, 6.45) is 6.92. The van der Waals surface area contributed by atoms with Crippen molar-refractivity contribution < 1.29 is 18.5 Å². The van der Waals surface area contributed by atoms with Crippen LogP contribution in [-0.2, 0) is 22.4 Å². The number of aromatic nitrogens is 1. The lowest BCUT2D eigenvalue weighted by atomic mass is 9.80. The smallest absolute Gasteiger partial charge is 0.230 e. The van der Waals surface area contributed by atoms with Crippen LogP contribution in [0.3, 0.4) is 0 Å². The lowest BCUT2D eigenvalue weighted by Crippen LogP contribution is -2.44. The molecule has 0 radical (unpaired) electrons. The summed E-state index contributed by atoms with van der Waals surface area (Å²) in [6.45, 7) is 0.771. The minimum atomic E-state index is -0.752. The summed E-state index contributed by atoms with van der Waals surface area (Å²) < 4.78 is 19.7. The summed E-state index contributed by atoms with van der Waals surface area (Å²) in [5.41, 5.74) is 0.608. The zero-order valence-electron chi connectivity index (χ0n) is 19.0. The fourth-order valence-electron chi connectivity index (χ4n) is 5.21. The molecule has 1 saturated heterocycles. The summed E-state index contributed by atoms with van der Waals surface area (Å²) in [6, 6.07) is 8.33. The molecule has 0 unspecified atom stereocenters. The first-order valence-corrected chi connectivity index (χ1v) is 11.6. The fraction of sp³-hybridized carbons (Fsp3) is 0.560. The van der Waals surface area contributed by atoms with E-state index in [1.54, 1.807) is 42.1 Å². The Balaban J connectivity index is 1.49. The van der Waals surface area contributed by atoms with Gasteiger partial charge in [-0.05, 0) is 30.9 Å². The van der Waals surface area contributed by atoms with Crippen molar-refractivity contribution in [1.29, 1.82) is 0 Å². The van der Waals surface area contributed by atoms with Crippen molar-refractivity contribution >= 4 is 11.8 Å². The summed E-state index contributed by atoms with van der Waals surface area (Å²) in [5, 5.41) is 4.31. The van der Waals surface area contributed by atoms with E-state index in [-0.39, 0.29) is 24.1 Å². The maximum absolute atomic E-state index is 14.0. The molecular formula is C25H32FN3O3. The summed E-state index contributed by atoms with van der Waals surface area (Å²) in [7, 11) is 3.48. The largest absolute Gasteiger partial charge is 0.361 e. The zero-order valence-corrected chi connectivity index (χ0v) is 19.0. The van der Waals surface area contributed by atoms with Gasteiger partial charge >= 0.3 is 0 Å². The molecular weight excluding hydrogens is 409 g/mol. The molecule has 32 heavy (non-hydrogen) atoms. The molecule has 2 heterocycles. The van der Waals surface area contributed by atoms with E-state index in [1.165, 1.54) is 25.3 Å². The van der Waals surface area contributed by atoms with E-state index in [4.69, 9.17) is 4.52 Å². The van der Waals surface area contributed by atoms with Gasteiger partial charge in [0.1, 0.15) is 11.6 Å². The number of nitrogens with zero attached hydrogens (tertiary/aromatic N) is 3. The van der Waals surface area contributed by atoms with Crippen molar-refractivity contribution in [2.24, 2.45) is 5.41 Å². The van der Waals surface area contributed by atoms with Crippen molar-refractivity contribution in [2.45, 2.75) is 57.3 Å². The fourth-order valence-corrected chi connectivity index (χ4v) is 5.21. The van der Waals surface area contributed by atoms with Gasteiger partial charge < -0.3 is 14.3 Å². The third kappa shape index (κ3) is 4.71. The molecule has 2 amide bonds. The predicted molar refractivity (Wildman–Crippen MR) is 118 cm³/mol. The minimum Gasteiger partial charge on any atom is -0.361 e. The van der Waals surface area contributed by atoms with Gasteiger partial charge in [-0.15, -0.1) is 0 Å². The monoisotopic (exact) mass is 441 g/mol. The van der Waals surface area contributed by atoms with Crippen molar-refractivity contribution in [3.05, 3.63) is 53.2 Å². The molecule has 0 N–H and O–H groups in total. The van der Waals surface area contributed by atoms with Gasteiger partial charge in [-0.1, -0.05) is 42.6 Å². The highest BCUT2D eigenvalue weighted by molar-refractivity contribution is 5.86. The maximum Gasteiger partial charge on any atom is 0.230 e. The number of rotatable bonds is 6. The first kappa shape index (κ1) is 22.5. The van der Waals surface area contributed by atoms with E-state index in [2.05, 4.69) is 5.16 Å². The highest BCUT2D eigenvalue weighted by Gasteiger charge is 2.47. The van der Waals surface area contributed by atoms with Gasteiger partial charge in [-0.3, -0.25) is 9.59 Å². The highest BCUT2D eigenvalue weighted by Crippen LogP contribution is 2.38. The predicted octanol–water partition coefficient (Wildman–Crippen LogP) is 3.95. The maximum atomic E-state index is 14.0. The van der Waals surface area contributed by atoms with E-state index in [1.807, 2.05) is 6.07 Å².